The third-order valence-corrected chi connectivity index (χ3v) is 2.15. The molecule has 0 unspecified atom stereocenters. The first-order valence-electron chi connectivity index (χ1n) is 5.78. The van der Waals surface area contributed by atoms with E-state index in [9.17, 15) is 0 Å². The van der Waals surface area contributed by atoms with Gasteiger partial charge in [-0.25, -0.2) is 4.98 Å². The zero-order chi connectivity index (χ0) is 11.8. The van der Waals surface area contributed by atoms with Crippen LogP contribution in [0.25, 0.3) is 0 Å². The Morgan fingerprint density at radius 2 is 2.31 bits per heavy atom. The van der Waals surface area contributed by atoms with Gasteiger partial charge in [-0.1, -0.05) is 0 Å². The van der Waals surface area contributed by atoms with Crippen LogP contribution in [0.15, 0.2) is 12.5 Å². The summed E-state index contributed by atoms with van der Waals surface area (Å²) in [7, 11) is 0. The van der Waals surface area contributed by atoms with E-state index in [0.717, 1.165) is 32.7 Å². The highest BCUT2D eigenvalue weighted by Crippen LogP contribution is 1.95. The maximum absolute atomic E-state index is 5.51. The first kappa shape index (κ1) is 13.0. The van der Waals surface area contributed by atoms with Gasteiger partial charge < -0.3 is 20.4 Å². The third-order valence-electron chi connectivity index (χ3n) is 2.15. The molecule has 1 heterocycles. The lowest BCUT2D eigenvalue weighted by Crippen LogP contribution is -2.22. The van der Waals surface area contributed by atoms with Crippen LogP contribution in [0, 0.1) is 0 Å². The minimum Gasteiger partial charge on any atom is -0.382 e. The molecule has 0 spiro atoms. The number of imidazole rings is 1. The topological polar surface area (TPSA) is 65.1 Å². The van der Waals surface area contributed by atoms with Crippen molar-refractivity contribution in [2.45, 2.75) is 32.9 Å². The predicted molar refractivity (Wildman–Crippen MR) is 65.2 cm³/mol. The van der Waals surface area contributed by atoms with E-state index in [-0.39, 0.29) is 0 Å². The Morgan fingerprint density at radius 1 is 1.50 bits per heavy atom. The van der Waals surface area contributed by atoms with Crippen LogP contribution in [0.1, 0.15) is 20.3 Å². The molecule has 1 aromatic heterocycles. The molecule has 0 aliphatic heterocycles. The summed E-state index contributed by atoms with van der Waals surface area (Å²) in [5.41, 5.74) is 5.51. The highest BCUT2D eigenvalue weighted by molar-refractivity contribution is 5.22. The molecule has 1 rings (SSSR count). The van der Waals surface area contributed by atoms with Gasteiger partial charge in [-0.2, -0.15) is 0 Å². The van der Waals surface area contributed by atoms with Gasteiger partial charge in [0.1, 0.15) is 5.82 Å². The molecule has 5 heteroatoms. The Hall–Kier alpha value is -1.07. The largest absolute Gasteiger partial charge is 0.382 e. The molecule has 3 N–H and O–H groups in total. The Bertz CT molecular complexity index is 285. The molecule has 0 atom stereocenters. The van der Waals surface area contributed by atoms with Crippen LogP contribution in [-0.2, 0) is 11.3 Å². The number of nitrogens with zero attached hydrogens (tertiary/aromatic N) is 2. The van der Waals surface area contributed by atoms with Gasteiger partial charge in [-0.05, 0) is 26.8 Å². The molecule has 0 saturated heterocycles. The highest BCUT2D eigenvalue weighted by atomic mass is 16.5. The molecule has 0 radical (unpaired) electrons. The fourth-order valence-corrected chi connectivity index (χ4v) is 1.35. The van der Waals surface area contributed by atoms with Gasteiger partial charge in [0.15, 0.2) is 0 Å². The van der Waals surface area contributed by atoms with E-state index in [0.29, 0.717) is 11.9 Å². The van der Waals surface area contributed by atoms with Crippen molar-refractivity contribution in [2.24, 2.45) is 0 Å². The summed E-state index contributed by atoms with van der Waals surface area (Å²) in [6, 6.07) is 0. The number of hydrogen-bond acceptors (Lipinski definition) is 4. The minimum absolute atomic E-state index is 0.328. The first-order chi connectivity index (χ1) is 7.68. The van der Waals surface area contributed by atoms with E-state index in [1.165, 1.54) is 0 Å². The quantitative estimate of drug-likeness (QED) is 0.646. The summed E-state index contributed by atoms with van der Waals surface area (Å²) in [4.78, 5) is 3.96. The van der Waals surface area contributed by atoms with Crippen molar-refractivity contribution in [3.05, 3.63) is 12.5 Å². The van der Waals surface area contributed by atoms with Crippen molar-refractivity contribution >= 4 is 5.82 Å². The summed E-state index contributed by atoms with van der Waals surface area (Å²) in [5.74, 6) is 0.574. The summed E-state index contributed by atoms with van der Waals surface area (Å²) in [6.45, 7) is 7.74. The first-order valence-corrected chi connectivity index (χ1v) is 5.78. The fraction of sp³-hybridized carbons (Fsp3) is 0.727. The van der Waals surface area contributed by atoms with Crippen LogP contribution in [0.4, 0.5) is 5.82 Å². The summed E-state index contributed by atoms with van der Waals surface area (Å²) in [6.07, 6.45) is 4.96. The van der Waals surface area contributed by atoms with Gasteiger partial charge in [0, 0.05) is 25.9 Å². The zero-order valence-corrected chi connectivity index (χ0v) is 10.1. The molecular weight excluding hydrogens is 204 g/mol. The van der Waals surface area contributed by atoms with Gasteiger partial charge in [-0.3, -0.25) is 0 Å². The number of nitrogens with two attached hydrogens (primary N) is 1. The fourth-order valence-electron chi connectivity index (χ4n) is 1.35. The maximum Gasteiger partial charge on any atom is 0.141 e. The number of hydrogen-bond donors (Lipinski definition) is 2. The number of aromatic nitrogens is 2. The standard InChI is InChI=1S/C11H22N4O/c1-10(2)16-7-3-4-13-5-6-15-8-11(12)14-9-15/h8-10,13H,3-7,12H2,1-2H3. The molecular formula is C11H22N4O. The van der Waals surface area contributed by atoms with E-state index >= 15 is 0 Å². The average molecular weight is 226 g/mol. The molecule has 5 nitrogen and oxygen atoms in total. The monoisotopic (exact) mass is 226 g/mol. The second kappa shape index (κ2) is 7.24. The van der Waals surface area contributed by atoms with Crippen LogP contribution in [-0.4, -0.2) is 35.4 Å². The molecule has 0 fully saturated rings. The number of rotatable bonds is 8. The van der Waals surface area contributed by atoms with Crippen LogP contribution in [0.3, 0.4) is 0 Å². The number of ether oxygens (including phenoxy) is 1. The molecule has 0 amide bonds. The lowest BCUT2D eigenvalue weighted by Gasteiger charge is -2.08. The summed E-state index contributed by atoms with van der Waals surface area (Å²) >= 11 is 0. The smallest absolute Gasteiger partial charge is 0.141 e. The molecule has 0 aliphatic rings. The molecule has 0 aliphatic carbocycles. The van der Waals surface area contributed by atoms with E-state index in [2.05, 4.69) is 24.1 Å². The predicted octanol–water partition coefficient (Wildman–Crippen LogP) is 0.870. The van der Waals surface area contributed by atoms with Crippen molar-refractivity contribution < 1.29 is 4.74 Å². The average Bonchev–Trinajstić information content (AvgIpc) is 2.62. The number of anilines is 1. The van der Waals surface area contributed by atoms with Gasteiger partial charge in [-0.15, -0.1) is 0 Å². The van der Waals surface area contributed by atoms with Crippen molar-refractivity contribution in [3.63, 3.8) is 0 Å². The van der Waals surface area contributed by atoms with E-state index in [4.69, 9.17) is 10.5 Å². The Labute approximate surface area is 97.0 Å². The van der Waals surface area contributed by atoms with Gasteiger partial charge >= 0.3 is 0 Å². The van der Waals surface area contributed by atoms with E-state index in [1.807, 2.05) is 10.8 Å². The summed E-state index contributed by atoms with van der Waals surface area (Å²) < 4.78 is 7.42. The molecule has 0 saturated carbocycles. The maximum atomic E-state index is 5.51. The zero-order valence-electron chi connectivity index (χ0n) is 10.1. The second-order valence-electron chi connectivity index (χ2n) is 4.06. The third kappa shape index (κ3) is 5.72. The van der Waals surface area contributed by atoms with Gasteiger partial charge in [0.25, 0.3) is 0 Å². The number of nitrogens with one attached hydrogen (secondary N) is 1. The van der Waals surface area contributed by atoms with Crippen LogP contribution in [0.5, 0.6) is 0 Å². The normalized spacial score (nSPS) is 11.2. The van der Waals surface area contributed by atoms with Gasteiger partial charge in [0.2, 0.25) is 0 Å². The SMILES string of the molecule is CC(C)OCCCNCCn1cnc(N)c1. The second-order valence-corrected chi connectivity index (χ2v) is 4.06. The number of nitrogen functional groups attached to an aromatic ring is 1. The molecule has 0 bridgehead atoms. The summed E-state index contributed by atoms with van der Waals surface area (Å²) in [5, 5.41) is 3.35. The molecule has 1 aromatic rings. The molecule has 0 aromatic carbocycles. The lowest BCUT2D eigenvalue weighted by molar-refractivity contribution is 0.0771. The van der Waals surface area contributed by atoms with Crippen molar-refractivity contribution in [3.8, 4) is 0 Å². The molecule has 16 heavy (non-hydrogen) atoms. The van der Waals surface area contributed by atoms with Crippen LogP contribution < -0.4 is 11.1 Å². The van der Waals surface area contributed by atoms with E-state index < -0.39 is 0 Å². The Balaban J connectivity index is 1.92. The van der Waals surface area contributed by atoms with Gasteiger partial charge in [0.05, 0.1) is 12.4 Å². The minimum atomic E-state index is 0.328. The Morgan fingerprint density at radius 3 is 2.94 bits per heavy atom. The van der Waals surface area contributed by atoms with Crippen LogP contribution in [0.2, 0.25) is 0 Å². The van der Waals surface area contributed by atoms with E-state index in [1.54, 1.807) is 6.33 Å². The van der Waals surface area contributed by atoms with Crippen LogP contribution >= 0.6 is 0 Å². The van der Waals surface area contributed by atoms with Crippen molar-refractivity contribution in [2.75, 3.05) is 25.4 Å². The highest BCUT2D eigenvalue weighted by Gasteiger charge is 1.95. The Kier molecular flexibility index (Phi) is 5.88. The van der Waals surface area contributed by atoms with Crippen molar-refractivity contribution in [1.82, 2.24) is 14.9 Å². The van der Waals surface area contributed by atoms with Crippen molar-refractivity contribution in [1.29, 1.82) is 0 Å². The molecule has 92 valence electrons. The lowest BCUT2D eigenvalue weighted by atomic mass is 10.4.